The van der Waals surface area contributed by atoms with Gasteiger partial charge in [-0.1, -0.05) is 80.6 Å². The topological polar surface area (TPSA) is 26.0 Å². The molecule has 0 fully saturated rings. The molecule has 0 saturated heterocycles. The summed E-state index contributed by atoms with van der Waals surface area (Å²) in [4.78, 5) is 5.12. The molecular weight excluding hydrogens is 462 g/mol. The summed E-state index contributed by atoms with van der Waals surface area (Å²) in [6.45, 7) is 11.0. The van der Waals surface area contributed by atoms with E-state index >= 15 is 0 Å². The van der Waals surface area contributed by atoms with Gasteiger partial charge in [-0.3, -0.25) is 0 Å². The van der Waals surface area contributed by atoms with Crippen molar-refractivity contribution in [1.82, 2.24) is 4.98 Å². The lowest BCUT2D eigenvalue weighted by atomic mass is 9.89. The highest BCUT2D eigenvalue weighted by atomic mass is 16.3. The molecule has 0 amide bonds. The molecule has 0 bridgehead atoms. The van der Waals surface area contributed by atoms with Crippen LogP contribution in [0.25, 0.3) is 55.4 Å². The minimum atomic E-state index is 0.623. The maximum Gasteiger partial charge on any atom is 0.160 e. The molecule has 0 unspecified atom stereocenters. The molecule has 38 heavy (non-hydrogen) atoms. The molecule has 0 atom stereocenters. The summed E-state index contributed by atoms with van der Waals surface area (Å²) in [5.41, 5.74) is 12.5. The van der Waals surface area contributed by atoms with Gasteiger partial charge >= 0.3 is 0 Å². The fourth-order valence-corrected chi connectivity index (χ4v) is 5.86. The van der Waals surface area contributed by atoms with E-state index in [-0.39, 0.29) is 0 Å². The van der Waals surface area contributed by atoms with Crippen molar-refractivity contribution in [3.63, 3.8) is 0 Å². The molecule has 2 heteroatoms. The maximum atomic E-state index is 6.25. The van der Waals surface area contributed by atoms with Crippen LogP contribution in [-0.4, -0.2) is 4.98 Å². The van der Waals surface area contributed by atoms with Crippen LogP contribution in [0, 0.1) is 26.7 Å². The van der Waals surface area contributed by atoms with E-state index in [1.165, 1.54) is 44.2 Å². The highest BCUT2D eigenvalue weighted by Gasteiger charge is 2.18. The summed E-state index contributed by atoms with van der Waals surface area (Å²) in [6.07, 6.45) is 1.08. The first-order valence-electron chi connectivity index (χ1n) is 13.5. The van der Waals surface area contributed by atoms with Crippen molar-refractivity contribution in [2.45, 2.75) is 41.0 Å². The van der Waals surface area contributed by atoms with Gasteiger partial charge in [-0.05, 0) is 95.5 Å². The van der Waals surface area contributed by atoms with E-state index in [1.54, 1.807) is 0 Å². The van der Waals surface area contributed by atoms with Crippen LogP contribution in [-0.2, 0) is 6.42 Å². The third kappa shape index (κ3) is 4.41. The Morgan fingerprint density at radius 1 is 0.711 bits per heavy atom. The van der Waals surface area contributed by atoms with Gasteiger partial charge in [0.15, 0.2) is 5.58 Å². The summed E-state index contributed by atoms with van der Waals surface area (Å²) >= 11 is 0. The molecule has 0 saturated carbocycles. The molecule has 2 aromatic heterocycles. The van der Waals surface area contributed by atoms with Crippen molar-refractivity contribution < 1.29 is 4.42 Å². The van der Waals surface area contributed by atoms with Gasteiger partial charge in [0.05, 0.1) is 5.69 Å². The van der Waals surface area contributed by atoms with Gasteiger partial charge in [-0.15, -0.1) is 0 Å². The van der Waals surface area contributed by atoms with Gasteiger partial charge in [0.2, 0.25) is 0 Å². The van der Waals surface area contributed by atoms with Crippen LogP contribution in [0.15, 0.2) is 95.4 Å². The zero-order valence-electron chi connectivity index (χ0n) is 22.8. The molecule has 0 radical (unpaired) electrons. The lowest BCUT2D eigenvalue weighted by Gasteiger charge is -2.16. The largest absolute Gasteiger partial charge is 0.459 e. The van der Waals surface area contributed by atoms with Gasteiger partial charge in [-0.2, -0.15) is 0 Å². The Labute approximate surface area is 225 Å². The van der Waals surface area contributed by atoms with Gasteiger partial charge in [0, 0.05) is 17.2 Å². The Hall–Kier alpha value is -4.17. The Morgan fingerprint density at radius 3 is 2.16 bits per heavy atom. The van der Waals surface area contributed by atoms with Crippen molar-refractivity contribution in [1.29, 1.82) is 0 Å². The van der Waals surface area contributed by atoms with E-state index in [1.807, 2.05) is 6.92 Å². The predicted molar refractivity (Wildman–Crippen MR) is 161 cm³/mol. The average Bonchev–Trinajstić information content (AvgIpc) is 3.28. The number of hydrogen-bond donors (Lipinski definition) is 0. The molecule has 4 aromatic carbocycles. The number of aryl methyl sites for hydroxylation is 3. The van der Waals surface area contributed by atoms with Crippen LogP contribution in [0.1, 0.15) is 36.3 Å². The van der Waals surface area contributed by atoms with Gasteiger partial charge in [0.1, 0.15) is 11.3 Å². The SMILES string of the molecule is Cc1cc2nc(-c3cc(-c4ccccc4)c4ccccc4c3)cc(-c3c(C)cc(CC(C)C)cc3C)c2o1. The van der Waals surface area contributed by atoms with Crippen LogP contribution in [0.3, 0.4) is 0 Å². The number of furan rings is 1. The van der Waals surface area contributed by atoms with Crippen molar-refractivity contribution in [2.75, 3.05) is 0 Å². The first kappa shape index (κ1) is 24.2. The monoisotopic (exact) mass is 495 g/mol. The molecular formula is C36H33NO. The second-order valence-corrected chi connectivity index (χ2v) is 10.9. The van der Waals surface area contributed by atoms with E-state index in [4.69, 9.17) is 9.40 Å². The Balaban J connectivity index is 1.60. The quantitative estimate of drug-likeness (QED) is 0.238. The number of aromatic nitrogens is 1. The third-order valence-electron chi connectivity index (χ3n) is 7.35. The predicted octanol–water partition coefficient (Wildman–Crippen LogP) is 10.1. The minimum absolute atomic E-state index is 0.623. The molecule has 0 aliphatic heterocycles. The summed E-state index contributed by atoms with van der Waals surface area (Å²) in [7, 11) is 0. The number of pyridine rings is 1. The minimum Gasteiger partial charge on any atom is -0.459 e. The van der Waals surface area contributed by atoms with E-state index in [2.05, 4.69) is 119 Å². The van der Waals surface area contributed by atoms with Crippen molar-refractivity contribution >= 4 is 21.9 Å². The highest BCUT2D eigenvalue weighted by Crippen LogP contribution is 2.40. The summed E-state index contributed by atoms with van der Waals surface area (Å²) in [5, 5.41) is 2.46. The number of benzene rings is 4. The smallest absolute Gasteiger partial charge is 0.160 e. The lowest BCUT2D eigenvalue weighted by molar-refractivity contribution is 0.579. The molecule has 6 aromatic rings. The van der Waals surface area contributed by atoms with Crippen LogP contribution in [0.4, 0.5) is 0 Å². The number of nitrogens with zero attached hydrogens (tertiary/aromatic N) is 1. The number of fused-ring (bicyclic) bond motifs is 2. The molecule has 6 rings (SSSR count). The first-order chi connectivity index (χ1) is 18.4. The van der Waals surface area contributed by atoms with Gasteiger partial charge < -0.3 is 4.42 Å². The Bertz CT molecular complexity index is 1770. The summed E-state index contributed by atoms with van der Waals surface area (Å²) < 4.78 is 6.25. The van der Waals surface area contributed by atoms with E-state index in [0.29, 0.717) is 5.92 Å². The van der Waals surface area contributed by atoms with Gasteiger partial charge in [0.25, 0.3) is 0 Å². The fraction of sp³-hybridized carbons (Fsp3) is 0.194. The first-order valence-corrected chi connectivity index (χ1v) is 13.5. The molecule has 2 nitrogen and oxygen atoms in total. The van der Waals surface area contributed by atoms with Gasteiger partial charge in [-0.25, -0.2) is 4.98 Å². The van der Waals surface area contributed by atoms with Crippen molar-refractivity contribution in [3.05, 3.63) is 113 Å². The summed E-state index contributed by atoms with van der Waals surface area (Å²) in [6, 6.07) is 32.7. The van der Waals surface area contributed by atoms with Crippen molar-refractivity contribution in [3.8, 4) is 33.5 Å². The average molecular weight is 496 g/mol. The van der Waals surface area contributed by atoms with E-state index in [9.17, 15) is 0 Å². The van der Waals surface area contributed by atoms with E-state index in [0.717, 1.165) is 40.1 Å². The lowest BCUT2D eigenvalue weighted by Crippen LogP contribution is -1.98. The fourth-order valence-electron chi connectivity index (χ4n) is 5.86. The Morgan fingerprint density at radius 2 is 1.42 bits per heavy atom. The van der Waals surface area contributed by atoms with Crippen LogP contribution in [0.2, 0.25) is 0 Å². The zero-order chi connectivity index (χ0) is 26.4. The molecule has 0 aliphatic carbocycles. The second-order valence-electron chi connectivity index (χ2n) is 10.9. The number of rotatable bonds is 5. The third-order valence-corrected chi connectivity index (χ3v) is 7.35. The van der Waals surface area contributed by atoms with Crippen LogP contribution < -0.4 is 0 Å². The molecule has 0 N–H and O–H groups in total. The normalized spacial score (nSPS) is 11.6. The molecule has 0 aliphatic rings. The molecule has 2 heterocycles. The van der Waals surface area contributed by atoms with E-state index < -0.39 is 0 Å². The summed E-state index contributed by atoms with van der Waals surface area (Å²) in [5.74, 6) is 1.50. The highest BCUT2D eigenvalue weighted by molar-refractivity contribution is 6.01. The molecule has 0 spiro atoms. The standard InChI is InChI=1S/C36H33NO/c1-22(2)15-26-16-23(3)35(24(4)17-26)32-21-33(37-34-18-25(5)38-36(32)34)29-19-28-13-9-10-14-30(28)31(20-29)27-11-7-6-8-12-27/h6-14,16-22H,15H2,1-5H3. The zero-order valence-corrected chi connectivity index (χ0v) is 22.8. The van der Waals surface area contributed by atoms with Crippen LogP contribution in [0.5, 0.6) is 0 Å². The second kappa shape index (κ2) is 9.61. The van der Waals surface area contributed by atoms with Crippen molar-refractivity contribution in [2.24, 2.45) is 5.92 Å². The molecule has 188 valence electrons. The number of hydrogen-bond acceptors (Lipinski definition) is 2. The Kier molecular flexibility index (Phi) is 6.12. The van der Waals surface area contributed by atoms with Crippen LogP contribution >= 0.6 is 0 Å². The maximum absolute atomic E-state index is 6.25.